The van der Waals surface area contributed by atoms with Gasteiger partial charge in [0.1, 0.15) is 18.3 Å². The fraction of sp³-hybridized carbons (Fsp3) is 0.379. The molecular weight excluding hydrogens is 502 g/mol. The second kappa shape index (κ2) is 11.9. The Morgan fingerprint density at radius 1 is 1.00 bits per heavy atom. The number of nitrogens with zero attached hydrogens (tertiary/aromatic N) is 2. The molecule has 3 aromatic rings. The summed E-state index contributed by atoms with van der Waals surface area (Å²) in [5.41, 5.74) is 1.22. The fourth-order valence-electron chi connectivity index (χ4n) is 4.92. The predicted octanol–water partition coefficient (Wildman–Crippen LogP) is 4.09. The normalized spacial score (nSPS) is 14.7. The summed E-state index contributed by atoms with van der Waals surface area (Å²) in [7, 11) is -2.24. The summed E-state index contributed by atoms with van der Waals surface area (Å²) in [6, 6.07) is 19.4. The summed E-state index contributed by atoms with van der Waals surface area (Å²) in [4.78, 5) is 28.5. The number of ether oxygens (including phenoxy) is 1. The summed E-state index contributed by atoms with van der Waals surface area (Å²) in [6.45, 7) is 1.41. The van der Waals surface area contributed by atoms with Crippen molar-refractivity contribution in [2.45, 2.75) is 51.2 Å². The SMILES string of the molecule is COc1ccc(CN(C(=O)CN(c2cccc3ccccc23)S(C)(=O)=O)[C@@H](C)C(=O)NC2CCCC2)cc1. The number of methoxy groups -OCH3 is 1. The van der Waals surface area contributed by atoms with Gasteiger partial charge in [-0.3, -0.25) is 13.9 Å². The Bertz CT molecular complexity index is 1380. The first-order valence-electron chi connectivity index (χ1n) is 12.9. The van der Waals surface area contributed by atoms with Crippen molar-refractivity contribution in [1.29, 1.82) is 0 Å². The van der Waals surface area contributed by atoms with Gasteiger partial charge in [-0.25, -0.2) is 8.42 Å². The lowest BCUT2D eigenvalue weighted by Gasteiger charge is -2.32. The van der Waals surface area contributed by atoms with Crippen LogP contribution in [0.15, 0.2) is 66.7 Å². The molecule has 2 amide bonds. The van der Waals surface area contributed by atoms with E-state index in [1.54, 1.807) is 38.3 Å². The zero-order valence-corrected chi connectivity index (χ0v) is 22.9. The van der Waals surface area contributed by atoms with Gasteiger partial charge in [-0.1, -0.05) is 61.4 Å². The van der Waals surface area contributed by atoms with Crippen molar-refractivity contribution in [2.24, 2.45) is 0 Å². The molecule has 8 nitrogen and oxygen atoms in total. The number of fused-ring (bicyclic) bond motifs is 1. The lowest BCUT2D eigenvalue weighted by Crippen LogP contribution is -2.52. The number of carbonyl (C=O) groups is 2. The van der Waals surface area contributed by atoms with Gasteiger partial charge >= 0.3 is 0 Å². The summed E-state index contributed by atoms with van der Waals surface area (Å²) in [5, 5.41) is 4.66. The van der Waals surface area contributed by atoms with Crippen molar-refractivity contribution < 1.29 is 22.7 Å². The van der Waals surface area contributed by atoms with E-state index in [9.17, 15) is 18.0 Å². The van der Waals surface area contributed by atoms with Crippen molar-refractivity contribution in [3.63, 3.8) is 0 Å². The maximum atomic E-state index is 13.8. The summed E-state index contributed by atoms with van der Waals surface area (Å²) >= 11 is 0. The van der Waals surface area contributed by atoms with Crippen molar-refractivity contribution in [3.8, 4) is 5.75 Å². The largest absolute Gasteiger partial charge is 0.497 e. The minimum Gasteiger partial charge on any atom is -0.497 e. The van der Waals surface area contributed by atoms with Gasteiger partial charge < -0.3 is 15.0 Å². The predicted molar refractivity (Wildman–Crippen MR) is 150 cm³/mol. The van der Waals surface area contributed by atoms with Gasteiger partial charge in [0, 0.05) is 18.0 Å². The molecular formula is C29H35N3O5S. The van der Waals surface area contributed by atoms with E-state index in [-0.39, 0.29) is 18.5 Å². The molecule has 202 valence electrons. The second-order valence-corrected chi connectivity index (χ2v) is 11.7. The highest BCUT2D eigenvalue weighted by atomic mass is 32.2. The van der Waals surface area contributed by atoms with E-state index >= 15 is 0 Å². The van der Waals surface area contributed by atoms with Crippen LogP contribution in [-0.2, 0) is 26.2 Å². The number of amides is 2. The Labute approximate surface area is 224 Å². The third kappa shape index (κ3) is 6.45. The minimum atomic E-state index is -3.82. The quantitative estimate of drug-likeness (QED) is 0.420. The first kappa shape index (κ1) is 27.4. The number of anilines is 1. The van der Waals surface area contributed by atoms with Crippen LogP contribution in [0.4, 0.5) is 5.69 Å². The molecule has 0 unspecified atom stereocenters. The van der Waals surface area contributed by atoms with Crippen LogP contribution in [0.2, 0.25) is 0 Å². The van der Waals surface area contributed by atoms with Gasteiger partial charge in [-0.15, -0.1) is 0 Å². The number of sulfonamides is 1. The Kier molecular flexibility index (Phi) is 8.56. The van der Waals surface area contributed by atoms with E-state index in [1.807, 2.05) is 42.5 Å². The molecule has 38 heavy (non-hydrogen) atoms. The Morgan fingerprint density at radius 2 is 1.66 bits per heavy atom. The van der Waals surface area contributed by atoms with E-state index in [0.29, 0.717) is 11.4 Å². The average molecular weight is 538 g/mol. The molecule has 1 saturated carbocycles. The zero-order valence-electron chi connectivity index (χ0n) is 22.1. The molecule has 0 spiro atoms. The zero-order chi connectivity index (χ0) is 27.3. The van der Waals surface area contributed by atoms with Crippen molar-refractivity contribution >= 4 is 38.3 Å². The van der Waals surface area contributed by atoms with Gasteiger partial charge in [-0.2, -0.15) is 0 Å². The highest BCUT2D eigenvalue weighted by Gasteiger charge is 2.31. The van der Waals surface area contributed by atoms with Gasteiger partial charge in [-0.05, 0) is 48.9 Å². The molecule has 0 aliphatic heterocycles. The number of benzene rings is 3. The number of hydrogen-bond donors (Lipinski definition) is 1. The maximum Gasteiger partial charge on any atom is 0.244 e. The smallest absolute Gasteiger partial charge is 0.244 e. The molecule has 1 atom stereocenters. The lowest BCUT2D eigenvalue weighted by molar-refractivity contribution is -0.139. The van der Waals surface area contributed by atoms with E-state index in [0.717, 1.165) is 52.6 Å². The fourth-order valence-corrected chi connectivity index (χ4v) is 5.78. The lowest BCUT2D eigenvalue weighted by atomic mass is 10.1. The van der Waals surface area contributed by atoms with Crippen LogP contribution in [0.1, 0.15) is 38.2 Å². The summed E-state index contributed by atoms with van der Waals surface area (Å²) in [5.74, 6) is -0.0269. The van der Waals surface area contributed by atoms with E-state index < -0.39 is 28.5 Å². The monoisotopic (exact) mass is 537 g/mol. The van der Waals surface area contributed by atoms with Crippen LogP contribution in [0, 0.1) is 0 Å². The van der Waals surface area contributed by atoms with Crippen molar-refractivity contribution in [1.82, 2.24) is 10.2 Å². The van der Waals surface area contributed by atoms with E-state index in [2.05, 4.69) is 5.32 Å². The highest BCUT2D eigenvalue weighted by Crippen LogP contribution is 2.29. The first-order valence-corrected chi connectivity index (χ1v) is 14.7. The van der Waals surface area contributed by atoms with Gasteiger partial charge in [0.25, 0.3) is 0 Å². The summed E-state index contributed by atoms with van der Waals surface area (Å²) in [6.07, 6.45) is 5.08. The molecule has 1 fully saturated rings. The van der Waals surface area contributed by atoms with E-state index in [4.69, 9.17) is 4.74 Å². The molecule has 0 radical (unpaired) electrons. The molecule has 1 aliphatic carbocycles. The molecule has 9 heteroatoms. The third-order valence-electron chi connectivity index (χ3n) is 7.10. The van der Waals surface area contributed by atoms with Crippen molar-refractivity contribution in [2.75, 3.05) is 24.2 Å². The molecule has 0 aromatic heterocycles. The van der Waals surface area contributed by atoms with Crippen LogP contribution in [0.5, 0.6) is 5.75 Å². The van der Waals surface area contributed by atoms with Gasteiger partial charge in [0.05, 0.1) is 19.1 Å². The average Bonchev–Trinajstić information content (AvgIpc) is 3.42. The van der Waals surface area contributed by atoms with Crippen LogP contribution >= 0.6 is 0 Å². The first-order chi connectivity index (χ1) is 18.2. The maximum absolute atomic E-state index is 13.8. The minimum absolute atomic E-state index is 0.103. The summed E-state index contributed by atoms with van der Waals surface area (Å²) < 4.78 is 32.3. The molecule has 0 bridgehead atoms. The molecule has 3 aromatic carbocycles. The van der Waals surface area contributed by atoms with Crippen LogP contribution in [0.25, 0.3) is 10.8 Å². The highest BCUT2D eigenvalue weighted by molar-refractivity contribution is 7.92. The van der Waals surface area contributed by atoms with Crippen LogP contribution < -0.4 is 14.4 Å². The number of nitrogens with one attached hydrogen (secondary N) is 1. The van der Waals surface area contributed by atoms with Crippen molar-refractivity contribution in [3.05, 3.63) is 72.3 Å². The third-order valence-corrected chi connectivity index (χ3v) is 8.22. The molecule has 1 aliphatic rings. The van der Waals surface area contributed by atoms with Gasteiger partial charge in [0.15, 0.2) is 0 Å². The number of hydrogen-bond acceptors (Lipinski definition) is 5. The standard InChI is InChI=1S/C29H35N3O5S/c1-21(29(34)30-24-11-5-6-12-24)31(19-22-15-17-25(37-2)18-16-22)28(33)20-32(38(3,35)36)27-14-8-10-23-9-4-7-13-26(23)27/h4,7-10,13-18,21,24H,5-6,11-12,19-20H2,1-3H3,(H,30,34)/t21-/m0/s1. The molecule has 0 saturated heterocycles. The topological polar surface area (TPSA) is 96.0 Å². The molecule has 0 heterocycles. The molecule has 4 rings (SSSR count). The Balaban J connectivity index is 1.65. The van der Waals surface area contributed by atoms with Crippen LogP contribution in [-0.4, -0.2) is 57.1 Å². The van der Waals surface area contributed by atoms with Gasteiger partial charge in [0.2, 0.25) is 21.8 Å². The number of rotatable bonds is 10. The Morgan fingerprint density at radius 3 is 2.32 bits per heavy atom. The molecule has 1 N–H and O–H groups in total. The second-order valence-electron chi connectivity index (χ2n) is 9.80. The Hall–Kier alpha value is -3.59. The van der Waals surface area contributed by atoms with Crippen LogP contribution in [0.3, 0.4) is 0 Å². The number of carbonyl (C=O) groups excluding carboxylic acids is 2. The van der Waals surface area contributed by atoms with E-state index in [1.165, 1.54) is 4.90 Å².